The van der Waals surface area contributed by atoms with Crippen LogP contribution in [0.4, 0.5) is 0 Å². The molecule has 5 nitrogen and oxygen atoms in total. The topological polar surface area (TPSA) is 81.2 Å². The fourth-order valence-electron chi connectivity index (χ4n) is 4.39. The quantitative estimate of drug-likeness (QED) is 0.298. The molecule has 5 rings (SSSR count). The summed E-state index contributed by atoms with van der Waals surface area (Å²) in [7, 11) is -3.76. The van der Waals surface area contributed by atoms with Crippen molar-refractivity contribution in [2.24, 2.45) is 5.92 Å². The SMILES string of the molecule is O=C(CS(=O)(=O)c1ccc(Cl)cc1)c1ccc([C@@H]2C[C@H]2C(=O)Cc2ccc3cnccc3c2)cc1. The number of sulfone groups is 1. The summed E-state index contributed by atoms with van der Waals surface area (Å²) >= 11 is 5.82. The van der Waals surface area contributed by atoms with Crippen molar-refractivity contribution in [1.29, 1.82) is 0 Å². The van der Waals surface area contributed by atoms with Crippen LogP contribution in [0.25, 0.3) is 10.8 Å². The number of Topliss-reactive ketones (excluding diaryl/α,β-unsaturated/α-hetero) is 2. The van der Waals surface area contributed by atoms with Crippen LogP contribution in [0.2, 0.25) is 5.02 Å². The number of fused-ring (bicyclic) bond motifs is 1. The number of hydrogen-bond acceptors (Lipinski definition) is 5. The average Bonchev–Trinajstić information content (AvgIpc) is 3.65. The molecule has 1 heterocycles. The number of carbonyl (C=O) groups is 2. The lowest BCUT2D eigenvalue weighted by Gasteiger charge is -2.06. The first-order chi connectivity index (χ1) is 16.8. The minimum absolute atomic E-state index is 0.0324. The maximum absolute atomic E-state index is 12.8. The lowest BCUT2D eigenvalue weighted by molar-refractivity contribution is -0.119. The minimum Gasteiger partial charge on any atom is -0.299 e. The van der Waals surface area contributed by atoms with Gasteiger partial charge in [0.2, 0.25) is 0 Å². The molecule has 1 fully saturated rings. The van der Waals surface area contributed by atoms with Crippen LogP contribution in [0.3, 0.4) is 0 Å². The fourth-order valence-corrected chi connectivity index (χ4v) is 5.75. The molecule has 0 saturated heterocycles. The van der Waals surface area contributed by atoms with Crippen molar-refractivity contribution in [1.82, 2.24) is 4.98 Å². The van der Waals surface area contributed by atoms with Gasteiger partial charge in [-0.2, -0.15) is 0 Å². The van der Waals surface area contributed by atoms with Crippen LogP contribution in [0.15, 0.2) is 90.1 Å². The Morgan fingerprint density at radius 1 is 0.914 bits per heavy atom. The fraction of sp³-hybridized carbons (Fsp3) is 0.179. The van der Waals surface area contributed by atoms with Crippen molar-refractivity contribution in [3.8, 4) is 0 Å². The number of benzene rings is 3. The second kappa shape index (κ2) is 9.36. The number of nitrogens with zero attached hydrogens (tertiary/aromatic N) is 1. The van der Waals surface area contributed by atoms with Crippen LogP contribution in [-0.2, 0) is 21.1 Å². The Kier molecular flexibility index (Phi) is 6.26. The van der Waals surface area contributed by atoms with E-state index in [1.165, 1.54) is 24.3 Å². The smallest absolute Gasteiger partial charge is 0.185 e. The molecule has 1 saturated carbocycles. The molecule has 1 aliphatic rings. The van der Waals surface area contributed by atoms with Gasteiger partial charge in [0.1, 0.15) is 11.5 Å². The molecule has 0 unspecified atom stereocenters. The first-order valence-corrected chi connectivity index (χ1v) is 13.3. The first-order valence-electron chi connectivity index (χ1n) is 11.3. The molecule has 0 bridgehead atoms. The van der Waals surface area contributed by atoms with Gasteiger partial charge in [-0.1, -0.05) is 54.1 Å². The third kappa shape index (κ3) is 5.19. The van der Waals surface area contributed by atoms with E-state index in [-0.39, 0.29) is 22.5 Å². The van der Waals surface area contributed by atoms with Crippen molar-refractivity contribution in [2.75, 3.05) is 5.75 Å². The van der Waals surface area contributed by atoms with E-state index < -0.39 is 21.4 Å². The van der Waals surface area contributed by atoms with Crippen molar-refractivity contribution < 1.29 is 18.0 Å². The summed E-state index contributed by atoms with van der Waals surface area (Å²) in [4.78, 5) is 29.6. The van der Waals surface area contributed by atoms with Gasteiger partial charge in [0.25, 0.3) is 0 Å². The normalized spacial score (nSPS) is 17.3. The number of carbonyl (C=O) groups excluding carboxylic acids is 2. The predicted molar refractivity (Wildman–Crippen MR) is 136 cm³/mol. The van der Waals surface area contributed by atoms with E-state index in [0.717, 1.165) is 28.3 Å². The molecule has 0 radical (unpaired) electrons. The maximum Gasteiger partial charge on any atom is 0.185 e. The lowest BCUT2D eigenvalue weighted by atomic mass is 10.00. The lowest BCUT2D eigenvalue weighted by Crippen LogP contribution is -2.16. The molecule has 0 amide bonds. The highest BCUT2D eigenvalue weighted by Gasteiger charge is 2.43. The van der Waals surface area contributed by atoms with Gasteiger partial charge < -0.3 is 0 Å². The van der Waals surface area contributed by atoms with E-state index in [4.69, 9.17) is 11.6 Å². The number of pyridine rings is 1. The summed E-state index contributed by atoms with van der Waals surface area (Å²) in [6.07, 6.45) is 4.72. The van der Waals surface area contributed by atoms with Gasteiger partial charge in [-0.25, -0.2) is 8.42 Å². The van der Waals surface area contributed by atoms with E-state index in [2.05, 4.69) is 4.98 Å². The monoisotopic (exact) mass is 503 g/mol. The van der Waals surface area contributed by atoms with Crippen LogP contribution in [0.5, 0.6) is 0 Å². The molecule has 1 aromatic heterocycles. The Hall–Kier alpha value is -3.35. The molecule has 7 heteroatoms. The maximum atomic E-state index is 12.8. The molecule has 2 atom stereocenters. The average molecular weight is 504 g/mol. The predicted octanol–water partition coefficient (Wildman–Crippen LogP) is 5.46. The van der Waals surface area contributed by atoms with Crippen molar-refractivity contribution in [3.05, 3.63) is 107 Å². The second-order valence-corrected chi connectivity index (χ2v) is 11.3. The Morgan fingerprint density at radius 3 is 2.40 bits per heavy atom. The Balaban J connectivity index is 1.21. The second-order valence-electron chi connectivity index (χ2n) is 8.91. The van der Waals surface area contributed by atoms with Crippen LogP contribution in [-0.4, -0.2) is 30.7 Å². The number of hydrogen-bond donors (Lipinski definition) is 0. The molecular formula is C28H22ClNO4S. The van der Waals surface area contributed by atoms with E-state index in [1.54, 1.807) is 24.5 Å². The minimum atomic E-state index is -3.76. The van der Waals surface area contributed by atoms with E-state index in [0.29, 0.717) is 17.0 Å². The van der Waals surface area contributed by atoms with Gasteiger partial charge in [-0.05, 0) is 59.2 Å². The zero-order valence-corrected chi connectivity index (χ0v) is 20.3. The third-order valence-electron chi connectivity index (χ3n) is 6.44. The van der Waals surface area contributed by atoms with Crippen LogP contribution < -0.4 is 0 Å². The Labute approximate surface area is 208 Å². The van der Waals surface area contributed by atoms with E-state index in [9.17, 15) is 18.0 Å². The Bertz CT molecular complexity index is 1530. The van der Waals surface area contributed by atoms with Crippen molar-refractivity contribution in [3.63, 3.8) is 0 Å². The molecule has 0 aliphatic heterocycles. The third-order valence-corrected chi connectivity index (χ3v) is 8.33. The molecule has 0 N–H and O–H groups in total. The summed E-state index contributed by atoms with van der Waals surface area (Å²) in [6, 6.07) is 20.6. The highest BCUT2D eigenvalue weighted by molar-refractivity contribution is 7.92. The van der Waals surface area contributed by atoms with Gasteiger partial charge in [0.05, 0.1) is 4.90 Å². The largest absolute Gasteiger partial charge is 0.299 e. The van der Waals surface area contributed by atoms with E-state index in [1.807, 2.05) is 36.4 Å². The molecule has 176 valence electrons. The van der Waals surface area contributed by atoms with Crippen LogP contribution in [0, 0.1) is 5.92 Å². The molecule has 1 aliphatic carbocycles. The van der Waals surface area contributed by atoms with Gasteiger partial charge in [-0.3, -0.25) is 14.6 Å². The number of halogens is 1. The molecule has 4 aromatic rings. The standard InChI is InChI=1S/C28H22ClNO4S/c29-23-7-9-24(10-8-23)35(33,34)17-28(32)20-5-3-19(4-6-20)25-15-26(25)27(31)14-18-1-2-22-16-30-12-11-21(22)13-18/h1-13,16,25-26H,14-15,17H2/t25-,26+/m0/s1. The zero-order valence-electron chi connectivity index (χ0n) is 18.7. The first kappa shape index (κ1) is 23.4. The van der Waals surface area contributed by atoms with Crippen LogP contribution >= 0.6 is 11.6 Å². The summed E-state index contributed by atoms with van der Waals surface area (Å²) < 4.78 is 25.1. The molecule has 3 aromatic carbocycles. The van der Waals surface area contributed by atoms with Crippen molar-refractivity contribution >= 4 is 43.8 Å². The number of aromatic nitrogens is 1. The number of ketones is 2. The summed E-state index contributed by atoms with van der Waals surface area (Å²) in [5, 5.41) is 2.54. The summed E-state index contributed by atoms with van der Waals surface area (Å²) in [5.41, 5.74) is 2.31. The summed E-state index contributed by atoms with van der Waals surface area (Å²) in [5.74, 6) is -0.775. The summed E-state index contributed by atoms with van der Waals surface area (Å²) in [6.45, 7) is 0. The van der Waals surface area contributed by atoms with Gasteiger partial charge in [-0.15, -0.1) is 0 Å². The molecule has 0 spiro atoms. The van der Waals surface area contributed by atoms with E-state index >= 15 is 0 Å². The molecular weight excluding hydrogens is 482 g/mol. The van der Waals surface area contributed by atoms with Crippen molar-refractivity contribution in [2.45, 2.75) is 23.7 Å². The van der Waals surface area contributed by atoms with Gasteiger partial charge >= 0.3 is 0 Å². The zero-order chi connectivity index (χ0) is 24.6. The highest BCUT2D eigenvalue weighted by Crippen LogP contribution is 2.48. The van der Waals surface area contributed by atoms with Gasteiger partial charge in [0, 0.05) is 40.7 Å². The highest BCUT2D eigenvalue weighted by atomic mass is 35.5. The van der Waals surface area contributed by atoms with Crippen LogP contribution in [0.1, 0.15) is 33.8 Å². The molecule has 35 heavy (non-hydrogen) atoms. The Morgan fingerprint density at radius 2 is 1.66 bits per heavy atom. The van der Waals surface area contributed by atoms with Gasteiger partial charge in [0.15, 0.2) is 15.6 Å². The number of rotatable bonds is 8.